The molecular weight excluding hydrogens is 198 g/mol. The molecule has 1 aromatic carbocycles. The minimum Gasteiger partial charge on any atom is -0.336 e. The highest BCUT2D eigenvalue weighted by Crippen LogP contribution is 2.19. The molecule has 1 heterocycles. The molecule has 1 atom stereocenters. The molecular formula is C14H19NO. The molecule has 1 aliphatic heterocycles. The van der Waals surface area contributed by atoms with Gasteiger partial charge in [-0.15, -0.1) is 0 Å². The van der Waals surface area contributed by atoms with Crippen LogP contribution in [0.25, 0.3) is 0 Å². The predicted octanol–water partition coefficient (Wildman–Crippen LogP) is 3.01. The molecule has 0 aliphatic carbocycles. The van der Waals surface area contributed by atoms with Crippen LogP contribution in [0.3, 0.4) is 0 Å². The van der Waals surface area contributed by atoms with Crippen LogP contribution in [0.4, 0.5) is 0 Å². The number of hydrogen-bond acceptors (Lipinski definition) is 1. The predicted molar refractivity (Wildman–Crippen MR) is 65.5 cm³/mol. The summed E-state index contributed by atoms with van der Waals surface area (Å²) in [5.74, 6) is 0.187. The van der Waals surface area contributed by atoms with E-state index in [4.69, 9.17) is 0 Å². The fourth-order valence-electron chi connectivity index (χ4n) is 2.26. The van der Waals surface area contributed by atoms with E-state index in [1.807, 2.05) is 36.1 Å². The number of nitrogens with zero attached hydrogens (tertiary/aromatic N) is 1. The summed E-state index contributed by atoms with van der Waals surface area (Å²) in [7, 11) is 0. The van der Waals surface area contributed by atoms with Gasteiger partial charge in [-0.25, -0.2) is 0 Å². The summed E-state index contributed by atoms with van der Waals surface area (Å²) in [5.41, 5.74) is 2.02. The van der Waals surface area contributed by atoms with Gasteiger partial charge in [0.2, 0.25) is 0 Å². The molecule has 86 valence electrons. The van der Waals surface area contributed by atoms with Crippen molar-refractivity contribution >= 4 is 5.91 Å². The maximum absolute atomic E-state index is 12.2. The van der Waals surface area contributed by atoms with Gasteiger partial charge in [0, 0.05) is 18.2 Å². The number of carbonyl (C=O) groups is 1. The summed E-state index contributed by atoms with van der Waals surface area (Å²) in [6.07, 6.45) is 3.53. The normalized spacial score (nSPS) is 20.9. The smallest absolute Gasteiger partial charge is 0.254 e. The molecule has 0 unspecified atom stereocenters. The van der Waals surface area contributed by atoms with Crippen molar-refractivity contribution in [3.63, 3.8) is 0 Å². The standard InChI is InChI=1S/C14H19NO/c1-11-6-8-13(9-7-11)14(16)15-10-4-3-5-12(15)2/h6-9,12H,3-5,10H2,1-2H3/t12-/m0/s1. The zero-order chi connectivity index (χ0) is 11.5. The number of hydrogen-bond donors (Lipinski definition) is 0. The van der Waals surface area contributed by atoms with Gasteiger partial charge >= 0.3 is 0 Å². The Bertz CT molecular complexity index is 369. The number of piperidine rings is 1. The van der Waals surface area contributed by atoms with E-state index >= 15 is 0 Å². The second-order valence-corrected chi connectivity index (χ2v) is 4.71. The summed E-state index contributed by atoms with van der Waals surface area (Å²) < 4.78 is 0. The fourth-order valence-corrected chi connectivity index (χ4v) is 2.26. The van der Waals surface area contributed by atoms with Gasteiger partial charge in [-0.05, 0) is 45.2 Å². The van der Waals surface area contributed by atoms with Crippen LogP contribution < -0.4 is 0 Å². The van der Waals surface area contributed by atoms with Crippen LogP contribution in [-0.4, -0.2) is 23.4 Å². The van der Waals surface area contributed by atoms with Crippen LogP contribution in [0, 0.1) is 6.92 Å². The van der Waals surface area contributed by atoms with Gasteiger partial charge in [0.05, 0.1) is 0 Å². The van der Waals surface area contributed by atoms with E-state index in [1.54, 1.807) is 0 Å². The molecule has 16 heavy (non-hydrogen) atoms. The fraction of sp³-hybridized carbons (Fsp3) is 0.500. The SMILES string of the molecule is Cc1ccc(C(=O)N2CCCC[C@@H]2C)cc1. The first-order valence-corrected chi connectivity index (χ1v) is 6.06. The van der Waals surface area contributed by atoms with Crippen molar-refractivity contribution in [1.82, 2.24) is 4.90 Å². The maximum Gasteiger partial charge on any atom is 0.254 e. The van der Waals surface area contributed by atoms with Crippen LogP contribution in [0.2, 0.25) is 0 Å². The number of aryl methyl sites for hydroxylation is 1. The van der Waals surface area contributed by atoms with Crippen molar-refractivity contribution in [2.45, 2.75) is 39.2 Å². The Balaban J connectivity index is 2.14. The molecule has 0 radical (unpaired) electrons. The molecule has 1 aliphatic rings. The van der Waals surface area contributed by atoms with Crippen molar-refractivity contribution in [3.05, 3.63) is 35.4 Å². The summed E-state index contributed by atoms with van der Waals surface area (Å²) in [6.45, 7) is 5.09. The van der Waals surface area contributed by atoms with Crippen LogP contribution in [0.15, 0.2) is 24.3 Å². The first kappa shape index (κ1) is 11.2. The number of benzene rings is 1. The van der Waals surface area contributed by atoms with E-state index < -0.39 is 0 Å². The van der Waals surface area contributed by atoms with Gasteiger partial charge in [0.15, 0.2) is 0 Å². The third-order valence-corrected chi connectivity index (χ3v) is 3.36. The third kappa shape index (κ3) is 2.26. The second-order valence-electron chi connectivity index (χ2n) is 4.71. The molecule has 1 amide bonds. The highest BCUT2D eigenvalue weighted by molar-refractivity contribution is 5.94. The average Bonchev–Trinajstić information content (AvgIpc) is 2.30. The van der Waals surface area contributed by atoms with E-state index in [1.165, 1.54) is 12.0 Å². The highest BCUT2D eigenvalue weighted by atomic mass is 16.2. The average molecular weight is 217 g/mol. The summed E-state index contributed by atoms with van der Waals surface area (Å²) in [5, 5.41) is 0. The molecule has 1 saturated heterocycles. The van der Waals surface area contributed by atoms with E-state index in [-0.39, 0.29) is 5.91 Å². The lowest BCUT2D eigenvalue weighted by molar-refractivity contribution is 0.0635. The lowest BCUT2D eigenvalue weighted by Gasteiger charge is -2.33. The summed E-state index contributed by atoms with van der Waals surface area (Å²) in [6, 6.07) is 8.25. The maximum atomic E-state index is 12.2. The van der Waals surface area contributed by atoms with Crippen molar-refractivity contribution in [3.8, 4) is 0 Å². The minimum atomic E-state index is 0.187. The number of likely N-dealkylation sites (tertiary alicyclic amines) is 1. The first-order chi connectivity index (χ1) is 7.68. The topological polar surface area (TPSA) is 20.3 Å². The Morgan fingerprint density at radius 1 is 1.25 bits per heavy atom. The molecule has 2 rings (SSSR count). The molecule has 0 saturated carbocycles. The Morgan fingerprint density at radius 3 is 2.56 bits per heavy atom. The zero-order valence-electron chi connectivity index (χ0n) is 10.1. The number of carbonyl (C=O) groups excluding carboxylic acids is 1. The quantitative estimate of drug-likeness (QED) is 0.708. The second kappa shape index (κ2) is 4.69. The van der Waals surface area contributed by atoms with Gasteiger partial charge in [-0.3, -0.25) is 4.79 Å². The molecule has 2 heteroatoms. The lowest BCUT2D eigenvalue weighted by atomic mass is 10.0. The van der Waals surface area contributed by atoms with E-state index in [2.05, 4.69) is 6.92 Å². The van der Waals surface area contributed by atoms with Crippen molar-refractivity contribution in [2.24, 2.45) is 0 Å². The molecule has 1 aromatic rings. The van der Waals surface area contributed by atoms with Crippen molar-refractivity contribution < 1.29 is 4.79 Å². The largest absolute Gasteiger partial charge is 0.336 e. The Labute approximate surface area is 97.3 Å². The zero-order valence-corrected chi connectivity index (χ0v) is 10.1. The molecule has 0 bridgehead atoms. The van der Waals surface area contributed by atoms with E-state index in [0.29, 0.717) is 6.04 Å². The Hall–Kier alpha value is -1.31. The number of amides is 1. The molecule has 0 N–H and O–H groups in total. The van der Waals surface area contributed by atoms with Gasteiger partial charge in [-0.1, -0.05) is 17.7 Å². The first-order valence-electron chi connectivity index (χ1n) is 6.06. The third-order valence-electron chi connectivity index (χ3n) is 3.36. The summed E-state index contributed by atoms with van der Waals surface area (Å²) in [4.78, 5) is 14.3. The molecule has 0 aromatic heterocycles. The van der Waals surface area contributed by atoms with E-state index in [0.717, 1.165) is 24.9 Å². The Kier molecular flexibility index (Phi) is 3.28. The van der Waals surface area contributed by atoms with Gasteiger partial charge in [0.1, 0.15) is 0 Å². The van der Waals surface area contributed by atoms with Crippen molar-refractivity contribution in [1.29, 1.82) is 0 Å². The van der Waals surface area contributed by atoms with Gasteiger partial charge in [-0.2, -0.15) is 0 Å². The van der Waals surface area contributed by atoms with E-state index in [9.17, 15) is 4.79 Å². The van der Waals surface area contributed by atoms with Gasteiger partial charge in [0.25, 0.3) is 5.91 Å². The molecule has 1 fully saturated rings. The van der Waals surface area contributed by atoms with Gasteiger partial charge < -0.3 is 4.90 Å². The molecule has 2 nitrogen and oxygen atoms in total. The van der Waals surface area contributed by atoms with Crippen LogP contribution >= 0.6 is 0 Å². The Morgan fingerprint density at radius 2 is 1.94 bits per heavy atom. The summed E-state index contributed by atoms with van der Waals surface area (Å²) >= 11 is 0. The molecule has 0 spiro atoms. The van der Waals surface area contributed by atoms with Crippen LogP contribution in [0.5, 0.6) is 0 Å². The van der Waals surface area contributed by atoms with Crippen LogP contribution in [-0.2, 0) is 0 Å². The van der Waals surface area contributed by atoms with Crippen molar-refractivity contribution in [2.75, 3.05) is 6.54 Å². The lowest BCUT2D eigenvalue weighted by Crippen LogP contribution is -2.41. The van der Waals surface area contributed by atoms with Crippen LogP contribution in [0.1, 0.15) is 42.1 Å². The monoisotopic (exact) mass is 217 g/mol. The highest BCUT2D eigenvalue weighted by Gasteiger charge is 2.23. The minimum absolute atomic E-state index is 0.187. The number of rotatable bonds is 1.